The van der Waals surface area contributed by atoms with Crippen LogP contribution in [0.5, 0.6) is 0 Å². The van der Waals surface area contributed by atoms with Crippen LogP contribution in [0, 0.1) is 0 Å². The van der Waals surface area contributed by atoms with Gasteiger partial charge in [0.1, 0.15) is 0 Å². The third-order valence-corrected chi connectivity index (χ3v) is 4.58. The Morgan fingerprint density at radius 3 is 2.28 bits per heavy atom. The fourth-order valence-corrected chi connectivity index (χ4v) is 2.79. The Bertz CT molecular complexity index is 882. The monoisotopic (exact) mass is 425 g/mol. The zero-order valence-corrected chi connectivity index (χ0v) is 16.2. The highest BCUT2D eigenvalue weighted by atomic mass is 32.2. The number of hydrogen-bond acceptors (Lipinski definition) is 5. The van der Waals surface area contributed by atoms with Gasteiger partial charge in [0.2, 0.25) is 0 Å². The lowest BCUT2D eigenvalue weighted by Gasteiger charge is -2.13. The van der Waals surface area contributed by atoms with Crippen LogP contribution in [0.3, 0.4) is 0 Å². The van der Waals surface area contributed by atoms with Gasteiger partial charge in [-0.25, -0.2) is 0 Å². The van der Waals surface area contributed by atoms with Crippen molar-refractivity contribution in [1.82, 2.24) is 0 Å². The van der Waals surface area contributed by atoms with Gasteiger partial charge in [-0.3, -0.25) is 14.4 Å². The molecule has 0 saturated carbocycles. The maximum atomic E-state index is 12.9. The number of thioether (sulfide) groups is 1. The quantitative estimate of drug-likeness (QED) is 0.381. The summed E-state index contributed by atoms with van der Waals surface area (Å²) in [4.78, 5) is 36.6. The molecular weight excluding hydrogens is 407 g/mol. The van der Waals surface area contributed by atoms with E-state index in [1.807, 2.05) is 6.26 Å². The number of ether oxygens (including phenoxy) is 1. The van der Waals surface area contributed by atoms with Crippen molar-refractivity contribution >= 4 is 35.1 Å². The molecule has 1 N–H and O–H groups in total. The third kappa shape index (κ3) is 6.94. The molecule has 0 bridgehead atoms. The lowest BCUT2D eigenvalue weighted by molar-refractivity contribution is -0.147. The summed E-state index contributed by atoms with van der Waals surface area (Å²) in [5.41, 5.74) is -0.972. The van der Waals surface area contributed by atoms with Gasteiger partial charge in [0.15, 0.2) is 12.4 Å². The molecule has 0 aliphatic carbocycles. The summed E-state index contributed by atoms with van der Waals surface area (Å²) in [6.07, 6.45) is -3.06. The molecule has 0 spiro atoms. The first-order chi connectivity index (χ1) is 13.7. The Labute approximate surface area is 169 Å². The molecule has 0 aliphatic heterocycles. The second kappa shape index (κ2) is 10.1. The molecule has 5 nitrogen and oxygen atoms in total. The second-order valence-electron chi connectivity index (χ2n) is 5.90. The van der Waals surface area contributed by atoms with Crippen molar-refractivity contribution in [2.75, 3.05) is 18.2 Å². The third-order valence-electron chi connectivity index (χ3n) is 3.84. The van der Waals surface area contributed by atoms with Crippen LogP contribution in [0.25, 0.3) is 0 Å². The van der Waals surface area contributed by atoms with Crippen LogP contribution >= 0.6 is 11.8 Å². The molecule has 29 heavy (non-hydrogen) atoms. The number of rotatable bonds is 8. The lowest BCUT2D eigenvalue weighted by atomic mass is 10.1. The molecule has 9 heteroatoms. The number of hydrogen-bond donors (Lipinski definition) is 1. The second-order valence-corrected chi connectivity index (χ2v) is 6.78. The molecule has 0 aliphatic rings. The first-order valence-corrected chi connectivity index (χ1v) is 9.72. The predicted octanol–water partition coefficient (Wildman–Crippen LogP) is 4.57. The number of para-hydroxylation sites is 1. The maximum Gasteiger partial charge on any atom is 0.418 e. The van der Waals surface area contributed by atoms with Crippen LogP contribution < -0.4 is 5.32 Å². The van der Waals surface area contributed by atoms with E-state index in [9.17, 15) is 27.6 Å². The van der Waals surface area contributed by atoms with E-state index in [0.717, 1.165) is 17.0 Å². The Kier molecular flexibility index (Phi) is 7.83. The molecule has 154 valence electrons. The number of carbonyl (C=O) groups excluding carboxylic acids is 3. The van der Waals surface area contributed by atoms with Crippen molar-refractivity contribution in [2.45, 2.75) is 23.9 Å². The molecule has 2 rings (SSSR count). The Balaban J connectivity index is 1.80. The number of amides is 1. The van der Waals surface area contributed by atoms with Crippen LogP contribution in [-0.2, 0) is 20.5 Å². The van der Waals surface area contributed by atoms with Gasteiger partial charge in [-0.15, -0.1) is 11.8 Å². The number of ketones is 1. The van der Waals surface area contributed by atoms with Gasteiger partial charge in [-0.1, -0.05) is 24.3 Å². The predicted molar refractivity (Wildman–Crippen MR) is 103 cm³/mol. The van der Waals surface area contributed by atoms with Crippen molar-refractivity contribution in [3.05, 3.63) is 59.7 Å². The zero-order valence-electron chi connectivity index (χ0n) is 15.4. The summed E-state index contributed by atoms with van der Waals surface area (Å²) < 4.78 is 43.4. The summed E-state index contributed by atoms with van der Waals surface area (Å²) in [6, 6.07) is 11.4. The van der Waals surface area contributed by atoms with E-state index in [1.54, 1.807) is 24.3 Å². The van der Waals surface area contributed by atoms with Gasteiger partial charge in [0, 0.05) is 16.9 Å². The largest absolute Gasteiger partial charge is 0.456 e. The Hall–Kier alpha value is -2.81. The molecule has 0 saturated heterocycles. The summed E-state index contributed by atoms with van der Waals surface area (Å²) in [6.45, 7) is -0.748. The number of carbonyl (C=O) groups is 3. The summed E-state index contributed by atoms with van der Waals surface area (Å²) in [5, 5.41) is 2.07. The minimum Gasteiger partial charge on any atom is -0.456 e. The average Bonchev–Trinajstić information content (AvgIpc) is 2.70. The minimum absolute atomic E-state index is 0.101. The average molecular weight is 425 g/mol. The number of alkyl halides is 3. The molecular formula is C20H18F3NO4S. The molecule has 2 aromatic carbocycles. The number of benzene rings is 2. The fourth-order valence-electron chi connectivity index (χ4n) is 2.38. The Morgan fingerprint density at radius 1 is 1.00 bits per heavy atom. The van der Waals surface area contributed by atoms with Gasteiger partial charge in [-0.05, 0) is 30.5 Å². The number of nitrogens with one attached hydrogen (secondary N) is 1. The van der Waals surface area contributed by atoms with Crippen molar-refractivity contribution in [1.29, 1.82) is 0 Å². The normalized spacial score (nSPS) is 11.0. The van der Waals surface area contributed by atoms with Gasteiger partial charge in [0.05, 0.1) is 17.7 Å². The SMILES string of the molecule is CSc1ccc(C(=O)CCC(=O)OCC(=O)Nc2ccccc2C(F)(F)F)cc1. The Morgan fingerprint density at radius 2 is 1.66 bits per heavy atom. The first-order valence-electron chi connectivity index (χ1n) is 8.49. The molecule has 2 aromatic rings. The number of halogens is 3. The highest BCUT2D eigenvalue weighted by molar-refractivity contribution is 7.98. The van der Waals surface area contributed by atoms with Crippen LogP contribution in [0.15, 0.2) is 53.4 Å². The molecule has 1 amide bonds. The van der Waals surface area contributed by atoms with Crippen LogP contribution in [0.2, 0.25) is 0 Å². The minimum atomic E-state index is -4.63. The maximum absolute atomic E-state index is 12.9. The van der Waals surface area contributed by atoms with Crippen molar-refractivity contribution in [2.24, 2.45) is 0 Å². The first kappa shape index (κ1) is 22.5. The van der Waals surface area contributed by atoms with Crippen molar-refractivity contribution in [3.63, 3.8) is 0 Å². The number of esters is 1. The van der Waals surface area contributed by atoms with Crippen LogP contribution in [0.4, 0.5) is 18.9 Å². The van der Waals surface area contributed by atoms with Crippen molar-refractivity contribution < 1.29 is 32.3 Å². The van der Waals surface area contributed by atoms with E-state index in [1.165, 1.54) is 23.9 Å². The van der Waals surface area contributed by atoms with E-state index in [4.69, 9.17) is 4.74 Å². The molecule has 0 atom stereocenters. The smallest absolute Gasteiger partial charge is 0.418 e. The summed E-state index contributed by atoms with van der Waals surface area (Å²) in [7, 11) is 0. The van der Waals surface area contributed by atoms with E-state index in [0.29, 0.717) is 5.56 Å². The van der Waals surface area contributed by atoms with Gasteiger partial charge in [-0.2, -0.15) is 13.2 Å². The molecule has 0 unspecified atom stereocenters. The zero-order chi connectivity index (χ0) is 21.4. The van der Waals surface area contributed by atoms with Crippen molar-refractivity contribution in [3.8, 4) is 0 Å². The molecule has 0 fully saturated rings. The highest BCUT2D eigenvalue weighted by Crippen LogP contribution is 2.34. The highest BCUT2D eigenvalue weighted by Gasteiger charge is 2.33. The van der Waals surface area contributed by atoms with E-state index in [2.05, 4.69) is 5.32 Å². The van der Waals surface area contributed by atoms with Crippen LogP contribution in [-0.4, -0.2) is 30.5 Å². The lowest BCUT2D eigenvalue weighted by Crippen LogP contribution is -2.23. The summed E-state index contributed by atoms with van der Waals surface area (Å²) in [5.74, 6) is -1.95. The van der Waals surface area contributed by atoms with Crippen LogP contribution in [0.1, 0.15) is 28.8 Å². The molecule has 0 radical (unpaired) electrons. The molecule has 0 aromatic heterocycles. The molecule has 0 heterocycles. The van der Waals surface area contributed by atoms with Gasteiger partial charge >= 0.3 is 12.1 Å². The topological polar surface area (TPSA) is 72.5 Å². The standard InChI is InChI=1S/C20H18F3NO4S/c1-29-14-8-6-13(7-9-14)17(25)10-11-19(27)28-12-18(26)24-16-5-3-2-4-15(16)20(21,22)23/h2-9H,10-12H2,1H3,(H,24,26). The van der Waals surface area contributed by atoms with E-state index >= 15 is 0 Å². The summed E-state index contributed by atoms with van der Waals surface area (Å²) >= 11 is 1.53. The van der Waals surface area contributed by atoms with E-state index < -0.39 is 35.9 Å². The number of anilines is 1. The fraction of sp³-hybridized carbons (Fsp3) is 0.250. The van der Waals surface area contributed by atoms with E-state index in [-0.39, 0.29) is 18.6 Å². The van der Waals surface area contributed by atoms with Gasteiger partial charge < -0.3 is 10.1 Å². The van der Waals surface area contributed by atoms with Gasteiger partial charge in [0.25, 0.3) is 5.91 Å². The number of Topliss-reactive ketones (excluding diaryl/α,β-unsaturated/α-hetero) is 1.